The van der Waals surface area contributed by atoms with Crippen molar-refractivity contribution in [3.63, 3.8) is 0 Å². The Bertz CT molecular complexity index is 1050. The SMILES string of the molecule is Cc1ccc2c(c1)O[C@H](C(=O)NCC1(c3ccccc3)CCOCC1)CN2S(C)(=O)=O. The molecular weight excluding hydrogens is 416 g/mol. The maximum absolute atomic E-state index is 13.1. The second-order valence-electron chi connectivity index (χ2n) is 8.35. The van der Waals surface area contributed by atoms with Crippen molar-refractivity contribution in [3.05, 3.63) is 59.7 Å². The first kappa shape index (κ1) is 21.6. The topological polar surface area (TPSA) is 84.9 Å². The maximum Gasteiger partial charge on any atom is 0.263 e. The van der Waals surface area contributed by atoms with Gasteiger partial charge in [-0.05, 0) is 43.0 Å². The quantitative estimate of drug-likeness (QED) is 0.766. The Morgan fingerprint density at radius 2 is 1.87 bits per heavy atom. The molecule has 31 heavy (non-hydrogen) atoms. The number of hydrogen-bond donors (Lipinski definition) is 1. The summed E-state index contributed by atoms with van der Waals surface area (Å²) in [7, 11) is -3.55. The molecule has 166 valence electrons. The van der Waals surface area contributed by atoms with E-state index >= 15 is 0 Å². The lowest BCUT2D eigenvalue weighted by atomic mass is 9.74. The van der Waals surface area contributed by atoms with Crippen molar-refractivity contribution in [2.45, 2.75) is 31.3 Å². The second kappa shape index (κ2) is 8.51. The molecule has 0 spiro atoms. The number of nitrogens with one attached hydrogen (secondary N) is 1. The normalized spacial score (nSPS) is 20.5. The third kappa shape index (κ3) is 4.55. The van der Waals surface area contributed by atoms with E-state index in [1.54, 1.807) is 12.1 Å². The van der Waals surface area contributed by atoms with Gasteiger partial charge in [0.25, 0.3) is 5.91 Å². The first-order chi connectivity index (χ1) is 14.8. The predicted molar refractivity (Wildman–Crippen MR) is 119 cm³/mol. The van der Waals surface area contributed by atoms with Crippen molar-refractivity contribution in [1.29, 1.82) is 0 Å². The number of hydrogen-bond acceptors (Lipinski definition) is 5. The van der Waals surface area contributed by atoms with E-state index in [1.165, 1.54) is 9.87 Å². The van der Waals surface area contributed by atoms with Crippen LogP contribution in [-0.2, 0) is 25.0 Å². The fraction of sp³-hybridized carbons (Fsp3) is 0.435. The molecule has 2 heterocycles. The second-order valence-corrected chi connectivity index (χ2v) is 10.3. The lowest BCUT2D eigenvalue weighted by Gasteiger charge is -2.39. The summed E-state index contributed by atoms with van der Waals surface area (Å²) in [5.41, 5.74) is 2.34. The van der Waals surface area contributed by atoms with Gasteiger partial charge < -0.3 is 14.8 Å². The van der Waals surface area contributed by atoms with E-state index in [0.717, 1.165) is 24.7 Å². The van der Waals surface area contributed by atoms with Gasteiger partial charge in [0.2, 0.25) is 10.0 Å². The number of carbonyl (C=O) groups is 1. The van der Waals surface area contributed by atoms with Gasteiger partial charge in [0, 0.05) is 25.2 Å². The van der Waals surface area contributed by atoms with Crippen molar-refractivity contribution < 1.29 is 22.7 Å². The summed E-state index contributed by atoms with van der Waals surface area (Å²) in [6, 6.07) is 15.4. The molecular formula is C23H28N2O5S. The lowest BCUT2D eigenvalue weighted by molar-refractivity contribution is -0.128. The van der Waals surface area contributed by atoms with Gasteiger partial charge in [-0.25, -0.2) is 8.42 Å². The number of amides is 1. The first-order valence-corrected chi connectivity index (χ1v) is 12.3. The molecule has 2 aliphatic rings. The molecule has 1 fully saturated rings. The summed E-state index contributed by atoms with van der Waals surface area (Å²) in [6.45, 7) is 3.56. The summed E-state index contributed by atoms with van der Waals surface area (Å²) in [5, 5.41) is 3.04. The van der Waals surface area contributed by atoms with Crippen LogP contribution in [0.5, 0.6) is 5.75 Å². The van der Waals surface area contributed by atoms with Crippen LogP contribution in [0.25, 0.3) is 0 Å². The van der Waals surface area contributed by atoms with Gasteiger partial charge in [-0.15, -0.1) is 0 Å². The molecule has 1 amide bonds. The van der Waals surface area contributed by atoms with Gasteiger partial charge in [-0.2, -0.15) is 0 Å². The first-order valence-electron chi connectivity index (χ1n) is 10.4. The highest BCUT2D eigenvalue weighted by Crippen LogP contribution is 2.37. The predicted octanol–water partition coefficient (Wildman–Crippen LogP) is 2.39. The van der Waals surface area contributed by atoms with Crippen LogP contribution >= 0.6 is 0 Å². The van der Waals surface area contributed by atoms with E-state index in [0.29, 0.717) is 31.2 Å². The monoisotopic (exact) mass is 444 g/mol. The smallest absolute Gasteiger partial charge is 0.263 e. The Hall–Kier alpha value is -2.58. The Kier molecular flexibility index (Phi) is 5.94. The van der Waals surface area contributed by atoms with Crippen LogP contribution in [0.3, 0.4) is 0 Å². The Labute approximate surface area is 183 Å². The highest BCUT2D eigenvalue weighted by molar-refractivity contribution is 7.92. The van der Waals surface area contributed by atoms with E-state index in [2.05, 4.69) is 17.4 Å². The zero-order valence-electron chi connectivity index (χ0n) is 17.8. The van der Waals surface area contributed by atoms with Crippen molar-refractivity contribution >= 4 is 21.6 Å². The van der Waals surface area contributed by atoms with Crippen molar-refractivity contribution in [1.82, 2.24) is 5.32 Å². The van der Waals surface area contributed by atoms with Gasteiger partial charge in [0.05, 0.1) is 18.5 Å². The van der Waals surface area contributed by atoms with Crippen LogP contribution < -0.4 is 14.4 Å². The number of rotatable bonds is 5. The molecule has 0 saturated carbocycles. The van der Waals surface area contributed by atoms with Gasteiger partial charge in [0.15, 0.2) is 6.10 Å². The van der Waals surface area contributed by atoms with Crippen LogP contribution in [0.2, 0.25) is 0 Å². The fourth-order valence-electron chi connectivity index (χ4n) is 4.30. The molecule has 0 unspecified atom stereocenters. The molecule has 0 bridgehead atoms. The van der Waals surface area contributed by atoms with Crippen molar-refractivity contribution in [2.24, 2.45) is 0 Å². The largest absolute Gasteiger partial charge is 0.476 e. The molecule has 1 atom stereocenters. The molecule has 4 rings (SSSR count). The minimum atomic E-state index is -3.55. The molecule has 1 N–H and O–H groups in total. The number of carbonyl (C=O) groups excluding carboxylic acids is 1. The van der Waals surface area contributed by atoms with E-state index in [9.17, 15) is 13.2 Å². The number of sulfonamides is 1. The third-order valence-electron chi connectivity index (χ3n) is 6.11. The van der Waals surface area contributed by atoms with Crippen LogP contribution in [0.4, 0.5) is 5.69 Å². The molecule has 2 aromatic rings. The number of benzene rings is 2. The molecule has 1 saturated heterocycles. The van der Waals surface area contributed by atoms with Gasteiger partial charge in [0.1, 0.15) is 5.75 Å². The number of aryl methyl sites for hydroxylation is 1. The Morgan fingerprint density at radius 1 is 1.16 bits per heavy atom. The van der Waals surface area contributed by atoms with E-state index in [-0.39, 0.29) is 17.9 Å². The molecule has 2 aromatic carbocycles. The van der Waals surface area contributed by atoms with Crippen molar-refractivity contribution in [2.75, 3.05) is 36.9 Å². The van der Waals surface area contributed by atoms with Gasteiger partial charge in [-0.3, -0.25) is 9.10 Å². The van der Waals surface area contributed by atoms with Crippen LogP contribution in [0.1, 0.15) is 24.0 Å². The molecule has 2 aliphatic heterocycles. The highest BCUT2D eigenvalue weighted by atomic mass is 32.2. The van der Waals surface area contributed by atoms with Crippen LogP contribution in [0.15, 0.2) is 48.5 Å². The fourth-order valence-corrected chi connectivity index (χ4v) is 5.22. The Morgan fingerprint density at radius 3 is 2.55 bits per heavy atom. The number of nitrogens with zero attached hydrogens (tertiary/aromatic N) is 1. The van der Waals surface area contributed by atoms with E-state index in [4.69, 9.17) is 9.47 Å². The minimum Gasteiger partial charge on any atom is -0.476 e. The molecule has 0 radical (unpaired) electrons. The minimum absolute atomic E-state index is 0.0534. The summed E-state index contributed by atoms with van der Waals surface area (Å²) in [5.74, 6) is 0.0864. The summed E-state index contributed by atoms with van der Waals surface area (Å²) < 4.78 is 37.5. The summed E-state index contributed by atoms with van der Waals surface area (Å²) >= 11 is 0. The van der Waals surface area contributed by atoms with E-state index < -0.39 is 16.1 Å². The lowest BCUT2D eigenvalue weighted by Crippen LogP contribution is -2.53. The standard InChI is InChI=1S/C23H28N2O5S/c1-17-8-9-19-20(14-17)30-21(15-25(19)31(2,27)28)22(26)24-16-23(10-12-29-13-11-23)18-6-4-3-5-7-18/h3-9,14,21H,10-13,15-16H2,1-2H3,(H,24,26)/t21-/m0/s1. The molecule has 0 aromatic heterocycles. The van der Waals surface area contributed by atoms with Gasteiger partial charge in [-0.1, -0.05) is 36.4 Å². The number of anilines is 1. The van der Waals surface area contributed by atoms with E-state index in [1.807, 2.05) is 31.2 Å². The highest BCUT2D eigenvalue weighted by Gasteiger charge is 2.38. The van der Waals surface area contributed by atoms with Crippen LogP contribution in [0, 0.1) is 6.92 Å². The Balaban J connectivity index is 1.54. The third-order valence-corrected chi connectivity index (χ3v) is 7.26. The number of fused-ring (bicyclic) bond motifs is 1. The van der Waals surface area contributed by atoms with Gasteiger partial charge >= 0.3 is 0 Å². The summed E-state index contributed by atoms with van der Waals surface area (Å²) in [4.78, 5) is 13.1. The molecule has 0 aliphatic carbocycles. The molecule has 8 heteroatoms. The average Bonchev–Trinajstić information content (AvgIpc) is 2.77. The molecule has 7 nitrogen and oxygen atoms in total. The average molecular weight is 445 g/mol. The number of ether oxygens (including phenoxy) is 2. The van der Waals surface area contributed by atoms with Crippen molar-refractivity contribution in [3.8, 4) is 5.75 Å². The van der Waals surface area contributed by atoms with Crippen LogP contribution in [-0.4, -0.2) is 53.0 Å². The summed E-state index contributed by atoms with van der Waals surface area (Å²) in [6.07, 6.45) is 1.83. The zero-order valence-corrected chi connectivity index (χ0v) is 18.7. The zero-order chi connectivity index (χ0) is 22.1. The maximum atomic E-state index is 13.1.